The molecule has 2 amide bonds. The fourth-order valence-corrected chi connectivity index (χ4v) is 5.42. The number of nitrogens with one attached hydrogen (secondary N) is 1. The molecule has 35 heavy (non-hydrogen) atoms. The van der Waals surface area contributed by atoms with Gasteiger partial charge in [-0.25, -0.2) is 0 Å². The van der Waals surface area contributed by atoms with Gasteiger partial charge in [-0.05, 0) is 59.1 Å². The monoisotopic (exact) mass is 513 g/mol. The molecule has 1 aliphatic carbocycles. The molecule has 7 heteroatoms. The first-order valence-electron chi connectivity index (χ1n) is 12.1. The lowest BCUT2D eigenvalue weighted by atomic mass is 9.63. The Morgan fingerprint density at radius 2 is 1.54 bits per heavy atom. The van der Waals surface area contributed by atoms with Crippen molar-refractivity contribution >= 4 is 46.4 Å². The predicted octanol–water partition coefficient (Wildman–Crippen LogP) is 6.19. The third-order valence-corrected chi connectivity index (χ3v) is 8.17. The molecule has 1 N–H and O–H groups in total. The summed E-state index contributed by atoms with van der Waals surface area (Å²) in [5, 5.41) is 3.97. The lowest BCUT2D eigenvalue weighted by Gasteiger charge is -2.42. The fraction of sp³-hybridized carbons (Fsp3) is 0.429. The molecule has 0 spiro atoms. The van der Waals surface area contributed by atoms with E-state index in [1.54, 1.807) is 11.0 Å². The molecule has 0 unspecified atom stereocenters. The van der Waals surface area contributed by atoms with Crippen LogP contribution in [0.5, 0.6) is 0 Å². The summed E-state index contributed by atoms with van der Waals surface area (Å²) in [6.07, 6.45) is 4.92. The maximum atomic E-state index is 12.7. The number of amides is 2. The zero-order chi connectivity index (χ0) is 25.4. The van der Waals surface area contributed by atoms with Crippen molar-refractivity contribution in [1.82, 2.24) is 4.90 Å². The van der Waals surface area contributed by atoms with Crippen LogP contribution in [0.4, 0.5) is 11.4 Å². The van der Waals surface area contributed by atoms with Gasteiger partial charge in [-0.15, -0.1) is 0 Å². The van der Waals surface area contributed by atoms with Gasteiger partial charge in [0, 0.05) is 44.0 Å². The highest BCUT2D eigenvalue weighted by molar-refractivity contribution is 6.43. The summed E-state index contributed by atoms with van der Waals surface area (Å²) in [6, 6.07) is 11.7. The number of piperazine rings is 1. The third kappa shape index (κ3) is 5.52. The molecule has 0 radical (unpaired) electrons. The number of benzene rings is 2. The van der Waals surface area contributed by atoms with Crippen molar-refractivity contribution in [2.24, 2.45) is 0 Å². The summed E-state index contributed by atoms with van der Waals surface area (Å²) in [5.74, 6) is -0.485. The van der Waals surface area contributed by atoms with Gasteiger partial charge in [0.25, 0.3) is 0 Å². The Balaban J connectivity index is 1.35. The molecule has 5 nitrogen and oxygen atoms in total. The van der Waals surface area contributed by atoms with E-state index in [4.69, 9.17) is 23.2 Å². The van der Waals surface area contributed by atoms with E-state index in [9.17, 15) is 9.59 Å². The molecule has 186 valence electrons. The molecule has 2 aliphatic rings. The second-order valence-corrected chi connectivity index (χ2v) is 11.5. The maximum Gasteiger partial charge on any atom is 0.248 e. The Morgan fingerprint density at radius 3 is 2.23 bits per heavy atom. The van der Waals surface area contributed by atoms with Crippen LogP contribution in [0.3, 0.4) is 0 Å². The van der Waals surface area contributed by atoms with Gasteiger partial charge in [-0.1, -0.05) is 63.0 Å². The van der Waals surface area contributed by atoms with Crippen LogP contribution in [0.1, 0.15) is 51.7 Å². The van der Waals surface area contributed by atoms with Crippen LogP contribution in [-0.2, 0) is 20.4 Å². The number of hydrogen-bond donors (Lipinski definition) is 1. The number of anilines is 2. The molecular weight excluding hydrogens is 481 g/mol. The van der Waals surface area contributed by atoms with Crippen LogP contribution in [0.2, 0.25) is 10.0 Å². The molecule has 1 heterocycles. The highest BCUT2D eigenvalue weighted by atomic mass is 35.5. The van der Waals surface area contributed by atoms with Gasteiger partial charge in [0.1, 0.15) is 0 Å². The van der Waals surface area contributed by atoms with E-state index in [0.717, 1.165) is 24.2 Å². The topological polar surface area (TPSA) is 52.7 Å². The molecule has 1 saturated heterocycles. The van der Waals surface area contributed by atoms with Crippen LogP contribution in [0.25, 0.3) is 0 Å². The van der Waals surface area contributed by atoms with Crippen LogP contribution < -0.4 is 10.2 Å². The van der Waals surface area contributed by atoms with E-state index in [1.807, 2.05) is 18.2 Å². The molecule has 0 saturated carbocycles. The Labute approximate surface area is 218 Å². The van der Waals surface area contributed by atoms with Crippen molar-refractivity contribution in [3.05, 3.63) is 69.7 Å². The zero-order valence-electron chi connectivity index (χ0n) is 20.8. The fourth-order valence-electron chi connectivity index (χ4n) is 5.01. The summed E-state index contributed by atoms with van der Waals surface area (Å²) in [5.41, 5.74) is 4.44. The molecule has 2 aromatic carbocycles. The number of fused-ring (bicyclic) bond motifs is 1. The Morgan fingerprint density at radius 1 is 0.886 bits per heavy atom. The predicted molar refractivity (Wildman–Crippen MR) is 145 cm³/mol. The highest BCUT2D eigenvalue weighted by Gasteiger charge is 2.37. The van der Waals surface area contributed by atoms with E-state index < -0.39 is 0 Å². The minimum absolute atomic E-state index is 0.0643. The third-order valence-electron chi connectivity index (χ3n) is 7.36. The summed E-state index contributed by atoms with van der Waals surface area (Å²) in [7, 11) is 0. The summed E-state index contributed by atoms with van der Waals surface area (Å²) >= 11 is 12.5. The van der Waals surface area contributed by atoms with E-state index in [2.05, 4.69) is 50.0 Å². The van der Waals surface area contributed by atoms with Gasteiger partial charge in [0.15, 0.2) is 0 Å². The van der Waals surface area contributed by atoms with Gasteiger partial charge in [0.2, 0.25) is 11.8 Å². The number of carbonyl (C=O) groups excluding carboxylic acids is 2. The first-order valence-corrected chi connectivity index (χ1v) is 12.9. The van der Waals surface area contributed by atoms with Crippen LogP contribution >= 0.6 is 23.2 Å². The first kappa shape index (κ1) is 25.6. The van der Waals surface area contributed by atoms with Crippen LogP contribution in [0, 0.1) is 0 Å². The smallest absolute Gasteiger partial charge is 0.248 e. The van der Waals surface area contributed by atoms with Gasteiger partial charge in [0.05, 0.1) is 15.7 Å². The Bertz CT molecular complexity index is 1160. The quantitative estimate of drug-likeness (QED) is 0.496. The highest BCUT2D eigenvalue weighted by Crippen LogP contribution is 2.46. The minimum atomic E-state index is -0.310. The Hall–Kier alpha value is -2.50. The van der Waals surface area contributed by atoms with Gasteiger partial charge in [-0.2, -0.15) is 0 Å². The standard InChI is InChI=1S/C28H33Cl2N3O2/c1-27(2)12-13-28(3,4)21-18-19(8-9-20(21)27)31-24(34)10-11-25(35)33-16-14-32(15-17-33)23-7-5-6-22(29)26(23)30/h5-11,18H,12-17H2,1-4H3,(H,31,34). The van der Waals surface area contributed by atoms with Crippen molar-refractivity contribution in [1.29, 1.82) is 0 Å². The summed E-state index contributed by atoms with van der Waals surface area (Å²) in [6.45, 7) is 11.4. The molecular formula is C28H33Cl2N3O2. The van der Waals surface area contributed by atoms with E-state index in [1.165, 1.54) is 23.3 Å². The average Bonchev–Trinajstić information content (AvgIpc) is 2.82. The minimum Gasteiger partial charge on any atom is -0.367 e. The first-order chi connectivity index (χ1) is 16.5. The van der Waals surface area contributed by atoms with E-state index >= 15 is 0 Å². The van der Waals surface area contributed by atoms with Crippen LogP contribution in [0.15, 0.2) is 48.6 Å². The molecule has 2 aromatic rings. The van der Waals surface area contributed by atoms with Crippen LogP contribution in [-0.4, -0.2) is 42.9 Å². The largest absolute Gasteiger partial charge is 0.367 e. The Kier molecular flexibility index (Phi) is 7.21. The van der Waals surface area contributed by atoms with E-state index in [0.29, 0.717) is 36.2 Å². The maximum absolute atomic E-state index is 12.7. The lowest BCUT2D eigenvalue weighted by molar-refractivity contribution is -0.126. The normalized spacial score (nSPS) is 18.9. The second kappa shape index (κ2) is 9.87. The zero-order valence-corrected chi connectivity index (χ0v) is 22.3. The summed E-state index contributed by atoms with van der Waals surface area (Å²) in [4.78, 5) is 29.1. The van der Waals surface area contributed by atoms with Gasteiger partial charge in [-0.3, -0.25) is 9.59 Å². The van der Waals surface area contributed by atoms with E-state index in [-0.39, 0.29) is 22.6 Å². The van der Waals surface area contributed by atoms with Crippen molar-refractivity contribution in [2.75, 3.05) is 36.4 Å². The van der Waals surface area contributed by atoms with Crippen molar-refractivity contribution in [3.8, 4) is 0 Å². The molecule has 4 rings (SSSR count). The number of halogens is 2. The molecule has 0 aromatic heterocycles. The molecule has 0 bridgehead atoms. The van der Waals surface area contributed by atoms with Crippen molar-refractivity contribution in [2.45, 2.75) is 51.4 Å². The number of hydrogen-bond acceptors (Lipinski definition) is 3. The van der Waals surface area contributed by atoms with Gasteiger partial charge < -0.3 is 15.1 Å². The molecule has 1 aliphatic heterocycles. The second-order valence-electron chi connectivity index (χ2n) is 10.7. The van der Waals surface area contributed by atoms with Crippen molar-refractivity contribution in [3.63, 3.8) is 0 Å². The number of nitrogens with zero attached hydrogens (tertiary/aromatic N) is 2. The number of carbonyl (C=O) groups is 2. The average molecular weight is 514 g/mol. The summed E-state index contributed by atoms with van der Waals surface area (Å²) < 4.78 is 0. The number of rotatable bonds is 4. The molecule has 0 atom stereocenters. The van der Waals surface area contributed by atoms with Crippen molar-refractivity contribution < 1.29 is 9.59 Å². The van der Waals surface area contributed by atoms with Gasteiger partial charge >= 0.3 is 0 Å². The molecule has 1 fully saturated rings. The SMILES string of the molecule is CC1(C)CCC(C)(C)c2cc(NC(=O)C=CC(=O)N3CCN(c4cccc(Cl)c4Cl)CC3)ccc21. The lowest BCUT2D eigenvalue weighted by Crippen LogP contribution is -2.48.